The Morgan fingerprint density at radius 3 is 2.61 bits per heavy atom. The van der Waals surface area contributed by atoms with Gasteiger partial charge in [0, 0.05) is 6.42 Å². The van der Waals surface area contributed by atoms with Crippen molar-refractivity contribution in [2.45, 2.75) is 12.5 Å². The van der Waals surface area contributed by atoms with Crippen LogP contribution in [0.1, 0.15) is 17.2 Å². The van der Waals surface area contributed by atoms with Crippen molar-refractivity contribution in [1.82, 2.24) is 0 Å². The first-order valence-corrected chi connectivity index (χ1v) is 6.27. The number of rotatable bonds is 6. The van der Waals surface area contributed by atoms with Crippen LogP contribution in [0.2, 0.25) is 0 Å². The first-order valence-electron chi connectivity index (χ1n) is 5.15. The number of Topliss-reactive ketones (excluding diaryl/α,β-unsaturated/α-hetero) is 1. The zero-order chi connectivity index (χ0) is 13.7. The molecular formula is C12H13BrO5. The number of carbonyl (C=O) groups excluding carboxylic acids is 1. The minimum Gasteiger partial charge on any atom is -0.497 e. The normalized spacial score (nSPS) is 11.9. The van der Waals surface area contributed by atoms with Crippen LogP contribution in [-0.4, -0.2) is 34.4 Å². The number of ether oxygens (including phenoxy) is 1. The van der Waals surface area contributed by atoms with Crippen molar-refractivity contribution < 1.29 is 24.5 Å². The number of aliphatic hydroxyl groups excluding tert-OH is 1. The summed E-state index contributed by atoms with van der Waals surface area (Å²) < 4.78 is 5.01. The standard InChI is InChI=1S/C12H13BrO5/c1-18-9-2-3-10(11(15)12(16)17)7(5-9)4-8(14)6-13/h2-3,5,11,15H,4,6H2,1H3,(H,16,17). The second-order valence-corrected chi connectivity index (χ2v) is 4.22. The fourth-order valence-electron chi connectivity index (χ4n) is 1.52. The van der Waals surface area contributed by atoms with Crippen molar-refractivity contribution in [3.8, 4) is 5.75 Å². The molecule has 1 aromatic rings. The van der Waals surface area contributed by atoms with Gasteiger partial charge in [-0.25, -0.2) is 4.79 Å². The molecule has 5 nitrogen and oxygen atoms in total. The summed E-state index contributed by atoms with van der Waals surface area (Å²) in [6.07, 6.45) is -1.60. The van der Waals surface area contributed by atoms with E-state index in [4.69, 9.17) is 9.84 Å². The Morgan fingerprint density at radius 1 is 1.44 bits per heavy atom. The van der Waals surface area contributed by atoms with E-state index in [2.05, 4.69) is 15.9 Å². The third kappa shape index (κ3) is 3.54. The van der Waals surface area contributed by atoms with Crippen LogP contribution in [0.4, 0.5) is 0 Å². The van der Waals surface area contributed by atoms with Crippen LogP contribution in [-0.2, 0) is 16.0 Å². The molecule has 18 heavy (non-hydrogen) atoms. The number of hydrogen-bond acceptors (Lipinski definition) is 4. The summed E-state index contributed by atoms with van der Waals surface area (Å²) in [6, 6.07) is 4.56. The van der Waals surface area contributed by atoms with E-state index in [1.165, 1.54) is 13.2 Å². The lowest BCUT2D eigenvalue weighted by atomic mass is 9.98. The van der Waals surface area contributed by atoms with Gasteiger partial charge in [0.25, 0.3) is 0 Å². The molecule has 0 aromatic heterocycles. The molecule has 1 rings (SSSR count). The van der Waals surface area contributed by atoms with Gasteiger partial charge in [-0.3, -0.25) is 4.79 Å². The van der Waals surface area contributed by atoms with Crippen LogP contribution in [0.3, 0.4) is 0 Å². The average molecular weight is 317 g/mol. The predicted octanol–water partition coefficient (Wildman–Crippen LogP) is 1.32. The molecule has 2 N–H and O–H groups in total. The van der Waals surface area contributed by atoms with E-state index in [1.54, 1.807) is 12.1 Å². The van der Waals surface area contributed by atoms with Gasteiger partial charge in [0.05, 0.1) is 12.4 Å². The maximum atomic E-state index is 11.4. The molecule has 0 saturated heterocycles. The molecule has 1 aromatic carbocycles. The summed E-state index contributed by atoms with van der Waals surface area (Å²) in [5.41, 5.74) is 0.659. The summed E-state index contributed by atoms with van der Waals surface area (Å²) in [5, 5.41) is 18.5. The molecule has 0 spiro atoms. The van der Waals surface area contributed by atoms with Crippen molar-refractivity contribution in [1.29, 1.82) is 0 Å². The van der Waals surface area contributed by atoms with Gasteiger partial charge in [0.2, 0.25) is 0 Å². The van der Waals surface area contributed by atoms with E-state index in [-0.39, 0.29) is 23.1 Å². The third-order valence-corrected chi connectivity index (χ3v) is 3.04. The van der Waals surface area contributed by atoms with Gasteiger partial charge in [-0.15, -0.1) is 0 Å². The Bertz CT molecular complexity index is 458. The summed E-state index contributed by atoms with van der Waals surface area (Å²) in [5.74, 6) is -0.955. The van der Waals surface area contributed by atoms with Crippen LogP contribution >= 0.6 is 15.9 Å². The van der Waals surface area contributed by atoms with Crippen molar-refractivity contribution in [2.24, 2.45) is 0 Å². The van der Waals surface area contributed by atoms with E-state index in [9.17, 15) is 14.7 Å². The van der Waals surface area contributed by atoms with Gasteiger partial charge in [-0.2, -0.15) is 0 Å². The number of benzene rings is 1. The van der Waals surface area contributed by atoms with Gasteiger partial charge in [-0.1, -0.05) is 22.0 Å². The van der Waals surface area contributed by atoms with Crippen molar-refractivity contribution in [3.05, 3.63) is 29.3 Å². The molecule has 0 aliphatic heterocycles. The molecule has 0 heterocycles. The fraction of sp³-hybridized carbons (Fsp3) is 0.333. The Morgan fingerprint density at radius 2 is 2.11 bits per heavy atom. The van der Waals surface area contributed by atoms with E-state index >= 15 is 0 Å². The molecule has 0 fully saturated rings. The largest absolute Gasteiger partial charge is 0.497 e. The zero-order valence-electron chi connectivity index (χ0n) is 9.72. The SMILES string of the molecule is COc1ccc(C(O)C(=O)O)c(CC(=O)CBr)c1. The molecule has 0 amide bonds. The number of ketones is 1. The summed E-state index contributed by atoms with van der Waals surface area (Å²) in [4.78, 5) is 22.2. The predicted molar refractivity (Wildman–Crippen MR) is 68.1 cm³/mol. The number of methoxy groups -OCH3 is 1. The van der Waals surface area contributed by atoms with E-state index in [0.717, 1.165) is 0 Å². The van der Waals surface area contributed by atoms with Gasteiger partial charge in [0.15, 0.2) is 6.10 Å². The van der Waals surface area contributed by atoms with Gasteiger partial charge in [-0.05, 0) is 23.3 Å². The Hall–Kier alpha value is -1.40. The maximum absolute atomic E-state index is 11.4. The molecule has 0 radical (unpaired) electrons. The molecule has 0 aliphatic rings. The molecule has 6 heteroatoms. The lowest BCUT2D eigenvalue weighted by Gasteiger charge is -2.13. The molecule has 1 unspecified atom stereocenters. The van der Waals surface area contributed by atoms with Crippen molar-refractivity contribution >= 4 is 27.7 Å². The second kappa shape index (κ2) is 6.51. The van der Waals surface area contributed by atoms with Crippen LogP contribution in [0, 0.1) is 0 Å². The smallest absolute Gasteiger partial charge is 0.337 e. The number of aliphatic hydroxyl groups is 1. The zero-order valence-corrected chi connectivity index (χ0v) is 11.3. The monoisotopic (exact) mass is 316 g/mol. The van der Waals surface area contributed by atoms with E-state index in [0.29, 0.717) is 11.3 Å². The Kier molecular flexibility index (Phi) is 5.30. The minimum absolute atomic E-state index is 0.0438. The fourth-order valence-corrected chi connectivity index (χ4v) is 1.72. The number of carbonyl (C=O) groups is 2. The highest BCUT2D eigenvalue weighted by atomic mass is 79.9. The molecular weight excluding hydrogens is 304 g/mol. The summed E-state index contributed by atoms with van der Waals surface area (Å²) in [6.45, 7) is 0. The topological polar surface area (TPSA) is 83.8 Å². The van der Waals surface area contributed by atoms with E-state index < -0.39 is 12.1 Å². The first-order chi connectivity index (χ1) is 8.49. The summed E-state index contributed by atoms with van der Waals surface area (Å²) >= 11 is 3.04. The molecule has 98 valence electrons. The van der Waals surface area contributed by atoms with Gasteiger partial charge >= 0.3 is 5.97 Å². The lowest BCUT2D eigenvalue weighted by Crippen LogP contribution is -2.15. The second-order valence-electron chi connectivity index (χ2n) is 3.65. The molecule has 0 bridgehead atoms. The number of alkyl halides is 1. The van der Waals surface area contributed by atoms with Gasteiger partial charge < -0.3 is 14.9 Å². The number of aliphatic carboxylic acids is 1. The van der Waals surface area contributed by atoms with Crippen LogP contribution in [0.15, 0.2) is 18.2 Å². The van der Waals surface area contributed by atoms with Crippen molar-refractivity contribution in [3.63, 3.8) is 0 Å². The summed E-state index contributed by atoms with van der Waals surface area (Å²) in [7, 11) is 1.47. The van der Waals surface area contributed by atoms with Crippen LogP contribution < -0.4 is 4.74 Å². The first kappa shape index (κ1) is 14.7. The highest BCUT2D eigenvalue weighted by Crippen LogP contribution is 2.24. The number of hydrogen-bond donors (Lipinski definition) is 2. The third-order valence-electron chi connectivity index (χ3n) is 2.42. The van der Waals surface area contributed by atoms with Crippen molar-refractivity contribution in [2.75, 3.05) is 12.4 Å². The average Bonchev–Trinajstić information content (AvgIpc) is 2.37. The number of carboxylic acid groups (broad SMARTS) is 1. The highest BCUT2D eigenvalue weighted by Gasteiger charge is 2.20. The Balaban J connectivity index is 3.15. The molecule has 0 saturated carbocycles. The lowest BCUT2D eigenvalue weighted by molar-refractivity contribution is -0.147. The van der Waals surface area contributed by atoms with Gasteiger partial charge in [0.1, 0.15) is 11.5 Å². The van der Waals surface area contributed by atoms with E-state index in [1.807, 2.05) is 0 Å². The number of halogens is 1. The highest BCUT2D eigenvalue weighted by molar-refractivity contribution is 9.09. The molecule has 0 aliphatic carbocycles. The Labute approximate surface area is 113 Å². The molecule has 1 atom stereocenters. The minimum atomic E-state index is -1.64. The number of carboxylic acids is 1. The van der Waals surface area contributed by atoms with Crippen LogP contribution in [0.5, 0.6) is 5.75 Å². The van der Waals surface area contributed by atoms with Crippen LogP contribution in [0.25, 0.3) is 0 Å². The maximum Gasteiger partial charge on any atom is 0.337 e. The quantitative estimate of drug-likeness (QED) is 0.773.